The molecule has 1 aliphatic rings. The average Bonchev–Trinajstić information content (AvgIpc) is 2.52. The van der Waals surface area contributed by atoms with Gasteiger partial charge in [0.05, 0.1) is 17.2 Å². The zero-order valence-corrected chi connectivity index (χ0v) is 12.9. The number of benzene rings is 1. The first kappa shape index (κ1) is 16.0. The molecular weight excluding hydrogens is 280 g/mol. The highest BCUT2D eigenvalue weighted by molar-refractivity contribution is 5.91. The van der Waals surface area contributed by atoms with Gasteiger partial charge in [-0.15, -0.1) is 0 Å². The molecule has 0 aromatic heterocycles. The van der Waals surface area contributed by atoms with Crippen LogP contribution in [0.1, 0.15) is 49.0 Å². The van der Waals surface area contributed by atoms with E-state index in [4.69, 9.17) is 10.00 Å². The van der Waals surface area contributed by atoms with Crippen molar-refractivity contribution in [3.63, 3.8) is 0 Å². The summed E-state index contributed by atoms with van der Waals surface area (Å²) in [4.78, 5) is 26.0. The summed E-state index contributed by atoms with van der Waals surface area (Å²) in [5, 5.41) is 8.72. The lowest BCUT2D eigenvalue weighted by molar-refractivity contribution is -0.140. The Kier molecular flexibility index (Phi) is 5.16. The fraction of sp³-hybridized carbons (Fsp3) is 0.471. The first-order chi connectivity index (χ1) is 10.5. The van der Waals surface area contributed by atoms with Crippen LogP contribution in [0.4, 0.5) is 0 Å². The highest BCUT2D eigenvalue weighted by atomic mass is 16.5. The molecule has 0 saturated carbocycles. The van der Waals surface area contributed by atoms with E-state index in [1.807, 2.05) is 24.8 Å². The quantitative estimate of drug-likeness (QED) is 0.804. The van der Waals surface area contributed by atoms with E-state index in [9.17, 15) is 9.59 Å². The van der Waals surface area contributed by atoms with Crippen molar-refractivity contribution >= 4 is 11.9 Å². The van der Waals surface area contributed by atoms with E-state index in [0.717, 1.165) is 19.3 Å². The van der Waals surface area contributed by atoms with Crippen molar-refractivity contribution in [1.29, 1.82) is 5.26 Å². The Labute approximate surface area is 130 Å². The molecule has 5 heteroatoms. The molecule has 2 rings (SSSR count). The topological polar surface area (TPSA) is 70.4 Å². The van der Waals surface area contributed by atoms with Crippen LogP contribution < -0.4 is 0 Å². The van der Waals surface area contributed by atoms with Crippen molar-refractivity contribution < 1.29 is 14.3 Å². The summed E-state index contributed by atoms with van der Waals surface area (Å²) in [6.45, 7) is 3.81. The van der Waals surface area contributed by atoms with Gasteiger partial charge in [-0.05, 0) is 57.4 Å². The van der Waals surface area contributed by atoms with Crippen LogP contribution >= 0.6 is 0 Å². The number of rotatable bonds is 3. The second-order valence-electron chi connectivity index (χ2n) is 5.70. The third-order valence-electron chi connectivity index (χ3n) is 4.06. The summed E-state index contributed by atoms with van der Waals surface area (Å²) in [6, 6.07) is 8.50. The third-order valence-corrected chi connectivity index (χ3v) is 4.06. The molecule has 1 aromatic carbocycles. The smallest absolute Gasteiger partial charge is 0.338 e. The van der Waals surface area contributed by atoms with Gasteiger partial charge in [-0.3, -0.25) is 4.79 Å². The van der Waals surface area contributed by atoms with Gasteiger partial charge in [-0.1, -0.05) is 0 Å². The first-order valence-electron chi connectivity index (χ1n) is 7.51. The largest absolute Gasteiger partial charge is 0.452 e. The number of esters is 1. The third kappa shape index (κ3) is 3.64. The average molecular weight is 300 g/mol. The molecule has 5 nitrogen and oxygen atoms in total. The maximum Gasteiger partial charge on any atom is 0.338 e. The van der Waals surface area contributed by atoms with Gasteiger partial charge in [-0.25, -0.2) is 4.79 Å². The lowest BCUT2D eigenvalue weighted by Crippen LogP contribution is -2.49. The number of carbonyl (C=O) groups excluding carboxylic acids is 2. The maximum atomic E-state index is 12.3. The van der Waals surface area contributed by atoms with Gasteiger partial charge in [0.15, 0.2) is 6.61 Å². The Morgan fingerprint density at radius 3 is 2.36 bits per heavy atom. The van der Waals surface area contributed by atoms with E-state index in [1.165, 1.54) is 12.1 Å². The highest BCUT2D eigenvalue weighted by Gasteiger charge is 2.29. The summed E-state index contributed by atoms with van der Waals surface area (Å²) >= 11 is 0. The molecule has 0 spiro atoms. The number of hydrogen-bond acceptors (Lipinski definition) is 4. The van der Waals surface area contributed by atoms with Gasteiger partial charge in [-0.2, -0.15) is 5.26 Å². The van der Waals surface area contributed by atoms with Gasteiger partial charge >= 0.3 is 5.97 Å². The Morgan fingerprint density at radius 2 is 1.82 bits per heavy atom. The molecule has 1 fully saturated rings. The number of nitriles is 1. The van der Waals surface area contributed by atoms with Gasteiger partial charge in [0.2, 0.25) is 0 Å². The van der Waals surface area contributed by atoms with Crippen molar-refractivity contribution in [1.82, 2.24) is 4.90 Å². The number of amides is 1. The van der Waals surface area contributed by atoms with E-state index < -0.39 is 5.97 Å². The standard InChI is InChI=1S/C17H20N2O3/c1-12-4-3-5-13(2)19(12)16(20)11-22-17(21)15-8-6-14(10-18)7-9-15/h6-9,12-13H,3-5,11H2,1-2H3/t12-,13-/m0/s1. The van der Waals surface area contributed by atoms with Crippen molar-refractivity contribution in [3.05, 3.63) is 35.4 Å². The highest BCUT2D eigenvalue weighted by Crippen LogP contribution is 2.22. The van der Waals surface area contributed by atoms with E-state index >= 15 is 0 Å². The molecule has 1 amide bonds. The predicted octanol–water partition coefficient (Wildman–Crippen LogP) is 2.50. The van der Waals surface area contributed by atoms with Gasteiger partial charge in [0.25, 0.3) is 5.91 Å². The molecule has 0 N–H and O–H groups in total. The van der Waals surface area contributed by atoms with Crippen molar-refractivity contribution in [3.8, 4) is 6.07 Å². The molecule has 22 heavy (non-hydrogen) atoms. The Morgan fingerprint density at radius 1 is 1.23 bits per heavy atom. The molecule has 1 aliphatic heterocycles. The van der Waals surface area contributed by atoms with Crippen LogP contribution in [0.15, 0.2) is 24.3 Å². The van der Waals surface area contributed by atoms with E-state index in [2.05, 4.69) is 0 Å². The zero-order valence-electron chi connectivity index (χ0n) is 12.9. The molecule has 1 aromatic rings. The molecule has 116 valence electrons. The minimum absolute atomic E-state index is 0.151. The van der Waals surface area contributed by atoms with Crippen LogP contribution in [-0.4, -0.2) is 35.5 Å². The second-order valence-corrected chi connectivity index (χ2v) is 5.70. The Bertz CT molecular complexity index is 579. The molecule has 0 unspecified atom stereocenters. The minimum atomic E-state index is -0.546. The van der Waals surface area contributed by atoms with Crippen LogP contribution in [0.2, 0.25) is 0 Å². The summed E-state index contributed by atoms with van der Waals surface area (Å²) in [5.41, 5.74) is 0.815. The number of piperidine rings is 1. The summed E-state index contributed by atoms with van der Waals surface area (Å²) in [5.74, 6) is -0.697. The molecule has 1 heterocycles. The number of ether oxygens (including phenoxy) is 1. The van der Waals surface area contributed by atoms with Crippen molar-refractivity contribution in [2.45, 2.75) is 45.2 Å². The Balaban J connectivity index is 1.92. The minimum Gasteiger partial charge on any atom is -0.452 e. The summed E-state index contributed by atoms with van der Waals surface area (Å²) < 4.78 is 5.10. The monoisotopic (exact) mass is 300 g/mol. The fourth-order valence-electron chi connectivity index (χ4n) is 2.88. The second kappa shape index (κ2) is 7.08. The van der Waals surface area contributed by atoms with Crippen LogP contribution in [0, 0.1) is 11.3 Å². The molecule has 0 bridgehead atoms. The summed E-state index contributed by atoms with van der Waals surface area (Å²) in [7, 11) is 0. The van der Waals surface area contributed by atoms with Gasteiger partial charge < -0.3 is 9.64 Å². The molecular formula is C17H20N2O3. The van der Waals surface area contributed by atoms with Crippen LogP contribution in [0.3, 0.4) is 0 Å². The lowest BCUT2D eigenvalue weighted by Gasteiger charge is -2.38. The molecule has 2 atom stereocenters. The maximum absolute atomic E-state index is 12.3. The van der Waals surface area contributed by atoms with E-state index in [1.54, 1.807) is 12.1 Å². The number of hydrogen-bond donors (Lipinski definition) is 0. The number of carbonyl (C=O) groups is 2. The SMILES string of the molecule is C[C@H]1CCC[C@H](C)N1C(=O)COC(=O)c1ccc(C#N)cc1. The van der Waals surface area contributed by atoms with Crippen LogP contribution in [0.5, 0.6) is 0 Å². The first-order valence-corrected chi connectivity index (χ1v) is 7.51. The fourth-order valence-corrected chi connectivity index (χ4v) is 2.88. The van der Waals surface area contributed by atoms with E-state index in [-0.39, 0.29) is 24.6 Å². The zero-order chi connectivity index (χ0) is 16.1. The molecule has 1 saturated heterocycles. The molecule has 0 aliphatic carbocycles. The predicted molar refractivity (Wildman–Crippen MR) is 81.1 cm³/mol. The summed E-state index contributed by atoms with van der Waals surface area (Å²) in [6.07, 6.45) is 3.09. The van der Waals surface area contributed by atoms with Crippen LogP contribution in [-0.2, 0) is 9.53 Å². The van der Waals surface area contributed by atoms with Crippen molar-refractivity contribution in [2.24, 2.45) is 0 Å². The van der Waals surface area contributed by atoms with Crippen LogP contribution in [0.25, 0.3) is 0 Å². The van der Waals surface area contributed by atoms with Gasteiger partial charge in [0.1, 0.15) is 0 Å². The number of nitrogens with zero attached hydrogens (tertiary/aromatic N) is 2. The Hall–Kier alpha value is -2.35. The van der Waals surface area contributed by atoms with E-state index in [0.29, 0.717) is 11.1 Å². The number of likely N-dealkylation sites (tertiary alicyclic amines) is 1. The van der Waals surface area contributed by atoms with Gasteiger partial charge in [0, 0.05) is 12.1 Å². The van der Waals surface area contributed by atoms with Crippen molar-refractivity contribution in [2.75, 3.05) is 6.61 Å². The lowest BCUT2D eigenvalue weighted by atomic mass is 9.97. The molecule has 0 radical (unpaired) electrons. The normalized spacial score (nSPS) is 21.0.